The zero-order chi connectivity index (χ0) is 12.6. The van der Waals surface area contributed by atoms with Crippen molar-refractivity contribution in [3.63, 3.8) is 0 Å². The van der Waals surface area contributed by atoms with E-state index in [0.717, 1.165) is 0 Å². The molecule has 0 aliphatic carbocycles. The van der Waals surface area contributed by atoms with Crippen molar-refractivity contribution >= 4 is 16.8 Å². The third-order valence-electron chi connectivity index (χ3n) is 2.73. The molecule has 5 heteroatoms. The van der Waals surface area contributed by atoms with Gasteiger partial charge in [0.1, 0.15) is 5.58 Å². The van der Waals surface area contributed by atoms with Crippen LogP contribution in [0.15, 0.2) is 22.8 Å². The van der Waals surface area contributed by atoms with Crippen LogP contribution in [0.5, 0.6) is 0 Å². The van der Waals surface area contributed by atoms with Gasteiger partial charge in [-0.05, 0) is 26.1 Å². The average molecular weight is 239 g/mol. The molecule has 1 unspecified atom stereocenters. The zero-order valence-corrected chi connectivity index (χ0v) is 9.38. The van der Waals surface area contributed by atoms with Gasteiger partial charge in [0, 0.05) is 0 Å². The lowest BCUT2D eigenvalue weighted by Crippen LogP contribution is -2.31. The van der Waals surface area contributed by atoms with Gasteiger partial charge in [-0.2, -0.15) is 0 Å². The first-order valence-corrected chi connectivity index (χ1v) is 5.13. The lowest BCUT2D eigenvalue weighted by molar-refractivity contribution is 0.0950. The SMILES string of the molecule is CNC(C)C(=O)c1cc2occc2c(F)c1F. The highest BCUT2D eigenvalue weighted by atomic mass is 19.2. The van der Waals surface area contributed by atoms with Crippen LogP contribution in [0.1, 0.15) is 17.3 Å². The normalized spacial score (nSPS) is 12.9. The third-order valence-corrected chi connectivity index (χ3v) is 2.73. The summed E-state index contributed by atoms with van der Waals surface area (Å²) in [5.74, 6) is -2.70. The standard InChI is InChI=1S/C12H11F2NO2/c1-6(15-2)12(16)8-5-9-7(3-4-17-9)10(13)11(8)14/h3-6,15H,1-2H3. The number of fused-ring (bicyclic) bond motifs is 1. The fourth-order valence-electron chi connectivity index (χ4n) is 1.59. The molecule has 17 heavy (non-hydrogen) atoms. The summed E-state index contributed by atoms with van der Waals surface area (Å²) < 4.78 is 32.3. The van der Waals surface area contributed by atoms with Crippen LogP contribution in [-0.2, 0) is 0 Å². The highest BCUT2D eigenvalue weighted by molar-refractivity contribution is 6.02. The molecule has 1 aromatic carbocycles. The number of likely N-dealkylation sites (N-methyl/N-ethyl adjacent to an activating group) is 1. The fraction of sp³-hybridized carbons (Fsp3) is 0.250. The third kappa shape index (κ3) is 1.82. The van der Waals surface area contributed by atoms with Crippen molar-refractivity contribution in [1.29, 1.82) is 0 Å². The summed E-state index contributed by atoms with van der Waals surface area (Å²) in [6.45, 7) is 1.58. The van der Waals surface area contributed by atoms with Crippen LogP contribution in [0, 0.1) is 11.6 Å². The second-order valence-electron chi connectivity index (χ2n) is 3.76. The predicted molar refractivity (Wildman–Crippen MR) is 59.0 cm³/mol. The molecule has 0 saturated heterocycles. The molecule has 0 spiro atoms. The number of carbonyl (C=O) groups is 1. The van der Waals surface area contributed by atoms with Crippen LogP contribution >= 0.6 is 0 Å². The molecule has 1 heterocycles. The molecular formula is C12H11F2NO2. The Balaban J connectivity index is 2.61. The Hall–Kier alpha value is -1.75. The Kier molecular flexibility index (Phi) is 2.93. The molecule has 2 rings (SSSR count). The van der Waals surface area contributed by atoms with Crippen molar-refractivity contribution < 1.29 is 18.0 Å². The maximum Gasteiger partial charge on any atom is 0.182 e. The number of hydrogen-bond acceptors (Lipinski definition) is 3. The molecule has 0 aliphatic rings. The van der Waals surface area contributed by atoms with Crippen molar-refractivity contribution in [3.8, 4) is 0 Å². The van der Waals surface area contributed by atoms with Gasteiger partial charge in [0.05, 0.1) is 23.3 Å². The minimum absolute atomic E-state index is 0.0381. The minimum atomic E-state index is -1.13. The number of halogens is 2. The van der Waals surface area contributed by atoms with Gasteiger partial charge >= 0.3 is 0 Å². The summed E-state index contributed by atoms with van der Waals surface area (Å²) in [5.41, 5.74) is -0.137. The largest absolute Gasteiger partial charge is 0.464 e. The van der Waals surface area contributed by atoms with E-state index in [2.05, 4.69) is 5.32 Å². The molecule has 3 nitrogen and oxygen atoms in total. The van der Waals surface area contributed by atoms with E-state index in [1.165, 1.54) is 18.4 Å². The van der Waals surface area contributed by atoms with E-state index in [0.29, 0.717) is 0 Å². The van der Waals surface area contributed by atoms with Crippen LogP contribution in [0.4, 0.5) is 8.78 Å². The smallest absolute Gasteiger partial charge is 0.182 e. The molecule has 0 amide bonds. The predicted octanol–water partition coefficient (Wildman–Crippen LogP) is 2.50. The van der Waals surface area contributed by atoms with Gasteiger partial charge in [0.25, 0.3) is 0 Å². The minimum Gasteiger partial charge on any atom is -0.464 e. The van der Waals surface area contributed by atoms with Crippen molar-refractivity contribution in [3.05, 3.63) is 35.6 Å². The molecule has 0 fully saturated rings. The maximum atomic E-state index is 13.7. The number of rotatable bonds is 3. The quantitative estimate of drug-likeness (QED) is 0.837. The Morgan fingerprint density at radius 2 is 2.12 bits per heavy atom. The first-order chi connectivity index (χ1) is 8.06. The van der Waals surface area contributed by atoms with E-state index in [-0.39, 0.29) is 16.5 Å². The van der Waals surface area contributed by atoms with Crippen LogP contribution in [0.25, 0.3) is 11.0 Å². The van der Waals surface area contributed by atoms with Crippen molar-refractivity contribution in [1.82, 2.24) is 5.32 Å². The van der Waals surface area contributed by atoms with Gasteiger partial charge in [0.2, 0.25) is 0 Å². The Morgan fingerprint density at radius 1 is 1.41 bits per heavy atom. The van der Waals surface area contributed by atoms with E-state index in [1.807, 2.05) is 0 Å². The lowest BCUT2D eigenvalue weighted by atomic mass is 10.0. The number of nitrogens with one attached hydrogen (secondary N) is 1. The summed E-state index contributed by atoms with van der Waals surface area (Å²) >= 11 is 0. The summed E-state index contributed by atoms with van der Waals surface area (Å²) in [6, 6.07) is 1.96. The molecule has 0 aliphatic heterocycles. The monoisotopic (exact) mass is 239 g/mol. The summed E-state index contributed by atoms with van der Waals surface area (Å²) in [5, 5.41) is 2.72. The number of Topliss-reactive ketones (excluding diaryl/α,β-unsaturated/α-hetero) is 1. The first kappa shape index (κ1) is 11.7. The van der Waals surface area contributed by atoms with Gasteiger partial charge in [-0.3, -0.25) is 4.79 Å². The number of furan rings is 1. The van der Waals surface area contributed by atoms with Crippen LogP contribution < -0.4 is 5.32 Å². The first-order valence-electron chi connectivity index (χ1n) is 5.13. The molecule has 1 aromatic heterocycles. The Bertz CT molecular complexity index is 577. The zero-order valence-electron chi connectivity index (χ0n) is 9.38. The van der Waals surface area contributed by atoms with Crippen LogP contribution in [0.2, 0.25) is 0 Å². The summed E-state index contributed by atoms with van der Waals surface area (Å²) in [7, 11) is 1.57. The number of ketones is 1. The van der Waals surface area contributed by atoms with Crippen LogP contribution in [-0.4, -0.2) is 18.9 Å². The van der Waals surface area contributed by atoms with Gasteiger partial charge in [-0.1, -0.05) is 0 Å². The van der Waals surface area contributed by atoms with Crippen molar-refractivity contribution in [2.45, 2.75) is 13.0 Å². The number of hydrogen-bond donors (Lipinski definition) is 1. The highest BCUT2D eigenvalue weighted by Crippen LogP contribution is 2.25. The Labute approximate surface area is 96.4 Å². The molecule has 0 saturated carbocycles. The summed E-state index contributed by atoms with van der Waals surface area (Å²) in [6.07, 6.45) is 1.25. The molecule has 1 N–H and O–H groups in total. The molecule has 0 radical (unpaired) electrons. The molecule has 0 bridgehead atoms. The summed E-state index contributed by atoms with van der Waals surface area (Å²) in [4.78, 5) is 11.8. The number of carbonyl (C=O) groups excluding carboxylic acids is 1. The van der Waals surface area contributed by atoms with Gasteiger partial charge in [-0.25, -0.2) is 8.78 Å². The van der Waals surface area contributed by atoms with Crippen molar-refractivity contribution in [2.75, 3.05) is 7.05 Å². The van der Waals surface area contributed by atoms with Gasteiger partial charge in [-0.15, -0.1) is 0 Å². The number of benzene rings is 1. The van der Waals surface area contributed by atoms with E-state index < -0.39 is 23.5 Å². The van der Waals surface area contributed by atoms with E-state index in [4.69, 9.17) is 4.42 Å². The lowest BCUT2D eigenvalue weighted by Gasteiger charge is -2.10. The van der Waals surface area contributed by atoms with Gasteiger partial charge < -0.3 is 9.73 Å². The fourth-order valence-corrected chi connectivity index (χ4v) is 1.59. The molecule has 90 valence electrons. The van der Waals surface area contributed by atoms with Crippen molar-refractivity contribution in [2.24, 2.45) is 0 Å². The average Bonchev–Trinajstić information content (AvgIpc) is 2.80. The topological polar surface area (TPSA) is 42.2 Å². The second kappa shape index (κ2) is 4.25. The second-order valence-corrected chi connectivity index (χ2v) is 3.76. The molecule has 1 atom stereocenters. The van der Waals surface area contributed by atoms with E-state index in [1.54, 1.807) is 14.0 Å². The Morgan fingerprint density at radius 3 is 2.76 bits per heavy atom. The molecular weight excluding hydrogens is 228 g/mol. The van der Waals surface area contributed by atoms with E-state index in [9.17, 15) is 13.6 Å². The van der Waals surface area contributed by atoms with E-state index >= 15 is 0 Å². The van der Waals surface area contributed by atoms with Crippen LogP contribution in [0.3, 0.4) is 0 Å². The maximum absolute atomic E-state index is 13.7. The highest BCUT2D eigenvalue weighted by Gasteiger charge is 2.23. The molecule has 2 aromatic rings. The van der Waals surface area contributed by atoms with Gasteiger partial charge in [0.15, 0.2) is 17.4 Å².